The van der Waals surface area contributed by atoms with Gasteiger partial charge in [-0.1, -0.05) is 13.8 Å². The molecule has 0 saturated carbocycles. The zero-order valence-corrected chi connectivity index (χ0v) is 14.4. The van der Waals surface area contributed by atoms with Gasteiger partial charge in [-0.15, -0.1) is 0 Å². The van der Waals surface area contributed by atoms with Gasteiger partial charge in [-0.3, -0.25) is 4.79 Å². The number of rotatable bonds is 8. The van der Waals surface area contributed by atoms with Gasteiger partial charge >= 0.3 is 0 Å². The van der Waals surface area contributed by atoms with Gasteiger partial charge in [-0.2, -0.15) is 0 Å². The van der Waals surface area contributed by atoms with E-state index in [2.05, 4.69) is 24.1 Å². The van der Waals surface area contributed by atoms with Crippen molar-refractivity contribution in [2.75, 3.05) is 33.3 Å². The summed E-state index contributed by atoms with van der Waals surface area (Å²) in [4.78, 5) is 14.2. The minimum Gasteiger partial charge on any atom is -0.497 e. The van der Waals surface area contributed by atoms with E-state index in [4.69, 9.17) is 4.74 Å². The molecule has 0 aliphatic rings. The number of nitrogens with one attached hydrogen (secondary N) is 1. The average molecular weight is 304 g/mol. The third kappa shape index (κ3) is 5.53. The zero-order valence-electron chi connectivity index (χ0n) is 14.4. The largest absolute Gasteiger partial charge is 0.497 e. The van der Waals surface area contributed by atoms with Crippen molar-refractivity contribution in [1.82, 2.24) is 10.2 Å². The quantitative estimate of drug-likeness (QED) is 0.751. The minimum atomic E-state index is -0.0539. The molecule has 0 aromatic heterocycles. The molecule has 4 nitrogen and oxygen atoms in total. The SMILES string of the molecule is CCN(CC)CCNC(=O)/C=C/c1c(C)cc(OC)cc1C. The van der Waals surface area contributed by atoms with Crippen molar-refractivity contribution >= 4 is 12.0 Å². The summed E-state index contributed by atoms with van der Waals surface area (Å²) in [5.41, 5.74) is 3.27. The Labute approximate surface area is 134 Å². The molecule has 1 aromatic rings. The average Bonchev–Trinajstić information content (AvgIpc) is 2.50. The smallest absolute Gasteiger partial charge is 0.244 e. The molecule has 0 spiro atoms. The van der Waals surface area contributed by atoms with Crippen molar-refractivity contribution in [3.05, 3.63) is 34.9 Å². The maximum atomic E-state index is 11.9. The van der Waals surface area contributed by atoms with Crippen LogP contribution >= 0.6 is 0 Å². The van der Waals surface area contributed by atoms with Crippen LogP contribution < -0.4 is 10.1 Å². The van der Waals surface area contributed by atoms with Gasteiger partial charge in [0.2, 0.25) is 5.91 Å². The number of benzene rings is 1. The molecule has 0 saturated heterocycles. The maximum Gasteiger partial charge on any atom is 0.244 e. The van der Waals surface area contributed by atoms with Gasteiger partial charge in [0.25, 0.3) is 0 Å². The van der Waals surface area contributed by atoms with Crippen LogP contribution in [0.25, 0.3) is 6.08 Å². The molecule has 0 aliphatic heterocycles. The summed E-state index contributed by atoms with van der Waals surface area (Å²) in [6.07, 6.45) is 3.47. The second kappa shape index (κ2) is 9.26. The number of aryl methyl sites for hydroxylation is 2. The molecule has 0 heterocycles. The first-order chi connectivity index (χ1) is 10.5. The zero-order chi connectivity index (χ0) is 16.5. The predicted octanol–water partition coefficient (Wildman–Crippen LogP) is 2.78. The maximum absolute atomic E-state index is 11.9. The van der Waals surface area contributed by atoms with Crippen molar-refractivity contribution in [2.45, 2.75) is 27.7 Å². The molecule has 1 amide bonds. The second-order valence-electron chi connectivity index (χ2n) is 5.33. The molecular formula is C18H28N2O2. The number of hydrogen-bond acceptors (Lipinski definition) is 3. The van der Waals surface area contributed by atoms with E-state index in [9.17, 15) is 4.79 Å². The molecule has 1 aromatic carbocycles. The van der Waals surface area contributed by atoms with Gasteiger partial charge < -0.3 is 15.0 Å². The highest BCUT2D eigenvalue weighted by Crippen LogP contribution is 2.22. The Morgan fingerprint density at radius 3 is 2.32 bits per heavy atom. The highest BCUT2D eigenvalue weighted by molar-refractivity contribution is 5.92. The number of nitrogens with zero attached hydrogens (tertiary/aromatic N) is 1. The van der Waals surface area contributed by atoms with Crippen molar-refractivity contribution in [2.24, 2.45) is 0 Å². The molecule has 1 N–H and O–H groups in total. The lowest BCUT2D eigenvalue weighted by molar-refractivity contribution is -0.116. The molecular weight excluding hydrogens is 276 g/mol. The first kappa shape index (κ1) is 18.2. The fourth-order valence-electron chi connectivity index (χ4n) is 2.41. The van der Waals surface area contributed by atoms with Gasteiger partial charge in [-0.25, -0.2) is 0 Å². The molecule has 0 bridgehead atoms. The molecule has 0 unspecified atom stereocenters. The Morgan fingerprint density at radius 2 is 1.82 bits per heavy atom. The standard InChI is InChI=1S/C18H28N2O2/c1-6-20(7-2)11-10-19-18(21)9-8-17-14(3)12-16(22-5)13-15(17)4/h8-9,12-13H,6-7,10-11H2,1-5H3,(H,19,21)/b9-8+. The van der Waals surface area contributed by atoms with Crippen LogP contribution in [-0.4, -0.2) is 44.1 Å². The predicted molar refractivity (Wildman–Crippen MR) is 92.3 cm³/mol. The van der Waals surface area contributed by atoms with Crippen LogP contribution in [-0.2, 0) is 4.79 Å². The van der Waals surface area contributed by atoms with E-state index in [0.717, 1.165) is 42.1 Å². The van der Waals surface area contributed by atoms with Gasteiger partial charge in [0.1, 0.15) is 5.75 Å². The number of carbonyl (C=O) groups excluding carboxylic acids is 1. The van der Waals surface area contributed by atoms with Crippen LogP contribution in [0.4, 0.5) is 0 Å². The molecule has 0 fully saturated rings. The van der Waals surface area contributed by atoms with Crippen LogP contribution in [0.5, 0.6) is 5.75 Å². The number of ether oxygens (including phenoxy) is 1. The van der Waals surface area contributed by atoms with E-state index in [-0.39, 0.29) is 5.91 Å². The number of hydrogen-bond donors (Lipinski definition) is 1. The van der Waals surface area contributed by atoms with Gasteiger partial charge in [0, 0.05) is 19.2 Å². The van der Waals surface area contributed by atoms with Crippen molar-refractivity contribution in [3.8, 4) is 5.75 Å². The second-order valence-corrected chi connectivity index (χ2v) is 5.33. The summed E-state index contributed by atoms with van der Waals surface area (Å²) in [5, 5.41) is 2.92. The summed E-state index contributed by atoms with van der Waals surface area (Å²) < 4.78 is 5.25. The topological polar surface area (TPSA) is 41.6 Å². The minimum absolute atomic E-state index is 0.0539. The van der Waals surface area contributed by atoms with Crippen molar-refractivity contribution in [1.29, 1.82) is 0 Å². The monoisotopic (exact) mass is 304 g/mol. The van der Waals surface area contributed by atoms with E-state index in [1.54, 1.807) is 13.2 Å². The number of likely N-dealkylation sites (N-methyl/N-ethyl adjacent to an activating group) is 1. The fourth-order valence-corrected chi connectivity index (χ4v) is 2.41. The van der Waals surface area contributed by atoms with Crippen LogP contribution in [0.15, 0.2) is 18.2 Å². The van der Waals surface area contributed by atoms with E-state index in [0.29, 0.717) is 6.54 Å². The third-order valence-electron chi connectivity index (χ3n) is 3.83. The number of amides is 1. The molecule has 0 atom stereocenters. The first-order valence-corrected chi connectivity index (χ1v) is 7.85. The van der Waals surface area contributed by atoms with E-state index in [1.807, 2.05) is 32.1 Å². The van der Waals surface area contributed by atoms with Crippen molar-refractivity contribution < 1.29 is 9.53 Å². The molecule has 0 aliphatic carbocycles. The molecule has 0 radical (unpaired) electrons. The highest BCUT2D eigenvalue weighted by atomic mass is 16.5. The summed E-state index contributed by atoms with van der Waals surface area (Å²) >= 11 is 0. The normalized spacial score (nSPS) is 11.2. The van der Waals surface area contributed by atoms with Gasteiger partial charge in [0.15, 0.2) is 0 Å². The van der Waals surface area contributed by atoms with E-state index >= 15 is 0 Å². The highest BCUT2D eigenvalue weighted by Gasteiger charge is 2.04. The lowest BCUT2D eigenvalue weighted by Crippen LogP contribution is -2.34. The lowest BCUT2D eigenvalue weighted by atomic mass is 10.0. The number of methoxy groups -OCH3 is 1. The van der Waals surface area contributed by atoms with Gasteiger partial charge in [-0.05, 0) is 61.8 Å². The molecule has 22 heavy (non-hydrogen) atoms. The van der Waals surface area contributed by atoms with Gasteiger partial charge in [0.05, 0.1) is 7.11 Å². The lowest BCUT2D eigenvalue weighted by Gasteiger charge is -2.17. The number of carbonyl (C=O) groups is 1. The van der Waals surface area contributed by atoms with E-state index < -0.39 is 0 Å². The Kier molecular flexibility index (Phi) is 7.67. The summed E-state index contributed by atoms with van der Waals surface area (Å²) in [6, 6.07) is 3.95. The molecule has 4 heteroatoms. The van der Waals surface area contributed by atoms with E-state index in [1.165, 1.54) is 0 Å². The Hall–Kier alpha value is -1.81. The summed E-state index contributed by atoms with van der Waals surface area (Å²) in [6.45, 7) is 11.9. The molecule has 122 valence electrons. The first-order valence-electron chi connectivity index (χ1n) is 7.85. The van der Waals surface area contributed by atoms with Crippen LogP contribution in [0.2, 0.25) is 0 Å². The summed E-state index contributed by atoms with van der Waals surface area (Å²) in [7, 11) is 1.66. The molecule has 1 rings (SSSR count). The third-order valence-corrected chi connectivity index (χ3v) is 3.83. The van der Waals surface area contributed by atoms with Crippen LogP contribution in [0, 0.1) is 13.8 Å². The Balaban J connectivity index is 2.59. The Morgan fingerprint density at radius 1 is 1.23 bits per heavy atom. The summed E-state index contributed by atoms with van der Waals surface area (Å²) in [5.74, 6) is 0.789. The fraction of sp³-hybridized carbons (Fsp3) is 0.500. The van der Waals surface area contributed by atoms with Crippen molar-refractivity contribution in [3.63, 3.8) is 0 Å². The van der Waals surface area contributed by atoms with Crippen LogP contribution in [0.3, 0.4) is 0 Å². The Bertz CT molecular complexity index is 497. The van der Waals surface area contributed by atoms with Crippen LogP contribution in [0.1, 0.15) is 30.5 Å².